The first kappa shape index (κ1) is 30.2. The second-order valence-corrected chi connectivity index (χ2v) is 9.16. The van der Waals surface area contributed by atoms with Crippen LogP contribution in [-0.2, 0) is 23.1 Å². The smallest absolute Gasteiger partial charge is 0.463 e. The number of phosphoric acid groups is 1. The Morgan fingerprint density at radius 2 is 1.52 bits per heavy atom. The largest absolute Gasteiger partial charge is 0.472 e. The molecule has 0 fully saturated rings. The van der Waals surface area contributed by atoms with Crippen molar-refractivity contribution in [3.8, 4) is 0 Å². The minimum Gasteiger partial charge on any atom is -0.463 e. The number of rotatable bonds is 22. The maximum absolute atomic E-state index is 11.7. The number of phosphoric ester groups is 1. The molecule has 184 valence electrons. The van der Waals surface area contributed by atoms with E-state index in [1.54, 1.807) is 0 Å². The normalized spacial score (nSPS) is 14.6. The van der Waals surface area contributed by atoms with Crippen molar-refractivity contribution in [1.82, 2.24) is 0 Å². The lowest BCUT2D eigenvalue weighted by Crippen LogP contribution is -2.23. The van der Waals surface area contributed by atoms with Gasteiger partial charge in [-0.15, -0.1) is 0 Å². The highest BCUT2D eigenvalue weighted by Crippen LogP contribution is 2.42. The van der Waals surface area contributed by atoms with Gasteiger partial charge in [0.25, 0.3) is 0 Å². The quantitative estimate of drug-likeness (QED) is 0.0913. The predicted molar refractivity (Wildman–Crippen MR) is 123 cm³/mol. The first-order valence-corrected chi connectivity index (χ1v) is 13.2. The summed E-state index contributed by atoms with van der Waals surface area (Å²) in [7, 11) is -4.24. The molecular weight excluding hydrogens is 421 g/mol. The Morgan fingerprint density at radius 3 is 2.13 bits per heavy atom. The molecule has 0 aliphatic heterocycles. The second kappa shape index (κ2) is 21.1. The van der Waals surface area contributed by atoms with Gasteiger partial charge in [0.15, 0.2) is 0 Å². The zero-order valence-electron chi connectivity index (χ0n) is 19.2. The van der Waals surface area contributed by atoms with Gasteiger partial charge in [0.05, 0.1) is 13.2 Å². The average molecular weight is 466 g/mol. The monoisotopic (exact) mass is 465 g/mol. The first-order chi connectivity index (χ1) is 14.9. The van der Waals surface area contributed by atoms with Crippen LogP contribution in [0, 0.1) is 0 Å². The summed E-state index contributed by atoms with van der Waals surface area (Å²) < 4.78 is 25.5. The zero-order valence-corrected chi connectivity index (χ0v) is 20.1. The Hall–Kier alpha value is -0.760. The fourth-order valence-corrected chi connectivity index (χ4v) is 3.63. The number of carbonyl (C=O) groups excluding carboxylic acids is 1. The van der Waals surface area contributed by atoms with Gasteiger partial charge in [-0.25, -0.2) is 4.57 Å². The van der Waals surface area contributed by atoms with Crippen LogP contribution in [0.3, 0.4) is 0 Å². The van der Waals surface area contributed by atoms with E-state index in [2.05, 4.69) is 28.1 Å². The molecule has 0 aromatic rings. The number of aliphatic hydroxyl groups excluding tert-OH is 1. The van der Waals surface area contributed by atoms with E-state index in [-0.39, 0.29) is 19.8 Å². The molecule has 0 saturated carbocycles. The summed E-state index contributed by atoms with van der Waals surface area (Å²) in [5.74, 6) is -0.394. The topological polar surface area (TPSA) is 128 Å². The highest BCUT2D eigenvalue weighted by Gasteiger charge is 2.22. The molecule has 0 amide bonds. The Kier molecular flexibility index (Phi) is 20.6. The SMILES string of the molecule is CCCCCC/C=C\CCCCCCCCC(=O)OC[C@@H](O)COP(=O)(O)OCCN. The van der Waals surface area contributed by atoms with E-state index in [9.17, 15) is 19.4 Å². The van der Waals surface area contributed by atoms with Gasteiger partial charge in [-0.05, 0) is 32.1 Å². The molecule has 0 spiro atoms. The molecule has 0 radical (unpaired) electrons. The molecule has 4 N–H and O–H groups in total. The number of aliphatic hydroxyl groups is 1. The van der Waals surface area contributed by atoms with Gasteiger partial charge in [0, 0.05) is 13.0 Å². The van der Waals surface area contributed by atoms with Crippen molar-refractivity contribution < 1.29 is 33.1 Å². The molecule has 9 heteroatoms. The van der Waals surface area contributed by atoms with Crippen molar-refractivity contribution in [2.75, 3.05) is 26.4 Å². The van der Waals surface area contributed by atoms with Crippen molar-refractivity contribution in [3.05, 3.63) is 12.2 Å². The maximum Gasteiger partial charge on any atom is 0.472 e. The third kappa shape index (κ3) is 22.2. The van der Waals surface area contributed by atoms with E-state index in [4.69, 9.17) is 10.5 Å². The van der Waals surface area contributed by atoms with Crippen LogP contribution >= 0.6 is 7.82 Å². The summed E-state index contributed by atoms with van der Waals surface area (Å²) in [5.41, 5.74) is 5.16. The van der Waals surface area contributed by atoms with E-state index >= 15 is 0 Å². The average Bonchev–Trinajstić information content (AvgIpc) is 2.75. The number of esters is 1. The van der Waals surface area contributed by atoms with E-state index < -0.39 is 26.5 Å². The molecule has 1 unspecified atom stereocenters. The number of nitrogens with two attached hydrogens (primary N) is 1. The van der Waals surface area contributed by atoms with Gasteiger partial charge in [-0.2, -0.15) is 0 Å². The van der Waals surface area contributed by atoms with Crippen molar-refractivity contribution in [3.63, 3.8) is 0 Å². The van der Waals surface area contributed by atoms with Crippen molar-refractivity contribution in [1.29, 1.82) is 0 Å². The highest BCUT2D eigenvalue weighted by atomic mass is 31.2. The van der Waals surface area contributed by atoms with Crippen LogP contribution in [0.25, 0.3) is 0 Å². The third-order valence-electron chi connectivity index (χ3n) is 4.63. The number of allylic oxidation sites excluding steroid dienone is 2. The summed E-state index contributed by atoms with van der Waals surface area (Å²) in [6.07, 6.45) is 17.7. The molecule has 0 aromatic carbocycles. The Morgan fingerprint density at radius 1 is 0.935 bits per heavy atom. The minimum atomic E-state index is -4.24. The van der Waals surface area contributed by atoms with Gasteiger partial charge < -0.3 is 20.5 Å². The highest BCUT2D eigenvalue weighted by molar-refractivity contribution is 7.47. The number of hydrogen-bond donors (Lipinski definition) is 3. The number of hydrogen-bond acceptors (Lipinski definition) is 7. The molecular formula is C22H44NO7P. The lowest BCUT2D eigenvalue weighted by Gasteiger charge is -2.15. The number of ether oxygens (including phenoxy) is 1. The predicted octanol–water partition coefficient (Wildman–Crippen LogP) is 4.63. The molecule has 0 aromatic heterocycles. The summed E-state index contributed by atoms with van der Waals surface area (Å²) >= 11 is 0. The van der Waals surface area contributed by atoms with Crippen LogP contribution in [0.1, 0.15) is 90.4 Å². The molecule has 0 saturated heterocycles. The van der Waals surface area contributed by atoms with Crippen molar-refractivity contribution in [2.24, 2.45) is 5.73 Å². The van der Waals surface area contributed by atoms with Crippen molar-refractivity contribution in [2.45, 2.75) is 96.5 Å². The molecule has 31 heavy (non-hydrogen) atoms. The fourth-order valence-electron chi connectivity index (χ4n) is 2.86. The van der Waals surface area contributed by atoms with E-state index in [0.29, 0.717) is 6.42 Å². The van der Waals surface area contributed by atoms with Gasteiger partial charge in [0.2, 0.25) is 0 Å². The summed E-state index contributed by atoms with van der Waals surface area (Å²) in [5, 5.41) is 9.66. The Labute approximate surface area is 188 Å². The molecule has 0 aliphatic carbocycles. The van der Waals surface area contributed by atoms with Crippen LogP contribution in [0.5, 0.6) is 0 Å². The summed E-state index contributed by atoms with van der Waals surface area (Å²) in [6.45, 7) is 1.41. The standard InChI is InChI=1S/C22H44NO7P/c1-2-3-4-5-6-7-8-9-10-11-12-13-14-15-16-22(25)28-19-21(24)20-30-31(26,27)29-18-17-23/h7-8,21,24H,2-6,9-20,23H2,1H3,(H,26,27)/b8-7-/t21-/m1/s1. The van der Waals surface area contributed by atoms with Gasteiger partial charge in [-0.3, -0.25) is 13.8 Å². The van der Waals surface area contributed by atoms with Crippen molar-refractivity contribution >= 4 is 13.8 Å². The van der Waals surface area contributed by atoms with Crippen LogP contribution in [0.4, 0.5) is 0 Å². The van der Waals surface area contributed by atoms with E-state index in [1.165, 1.54) is 51.4 Å². The van der Waals surface area contributed by atoms with Crippen LogP contribution in [0.15, 0.2) is 12.2 Å². The fraction of sp³-hybridized carbons (Fsp3) is 0.864. The lowest BCUT2D eigenvalue weighted by atomic mass is 10.1. The Balaban J connectivity index is 3.50. The van der Waals surface area contributed by atoms with Crippen LogP contribution < -0.4 is 5.73 Å². The number of carbonyl (C=O) groups is 1. The lowest BCUT2D eigenvalue weighted by molar-refractivity contribution is -0.147. The van der Waals surface area contributed by atoms with Gasteiger partial charge in [-0.1, -0.05) is 64.0 Å². The summed E-state index contributed by atoms with van der Waals surface area (Å²) in [6, 6.07) is 0. The van der Waals surface area contributed by atoms with Crippen LogP contribution in [0.2, 0.25) is 0 Å². The maximum atomic E-state index is 11.7. The number of unbranched alkanes of at least 4 members (excludes halogenated alkanes) is 10. The molecule has 8 nitrogen and oxygen atoms in total. The van der Waals surface area contributed by atoms with E-state index in [1.807, 2.05) is 0 Å². The zero-order chi connectivity index (χ0) is 23.2. The van der Waals surface area contributed by atoms with E-state index in [0.717, 1.165) is 25.7 Å². The van der Waals surface area contributed by atoms with Gasteiger partial charge >= 0.3 is 13.8 Å². The molecule has 0 rings (SSSR count). The molecule has 0 heterocycles. The molecule has 0 aliphatic rings. The first-order valence-electron chi connectivity index (χ1n) is 11.7. The van der Waals surface area contributed by atoms with Gasteiger partial charge in [0.1, 0.15) is 12.7 Å². The third-order valence-corrected chi connectivity index (χ3v) is 5.62. The van der Waals surface area contributed by atoms with Crippen LogP contribution in [-0.4, -0.2) is 48.4 Å². The summed E-state index contributed by atoms with van der Waals surface area (Å²) in [4.78, 5) is 21.0. The molecule has 0 bridgehead atoms. The Bertz CT molecular complexity index is 502. The second-order valence-electron chi connectivity index (χ2n) is 7.70. The molecule has 2 atom stereocenters. The minimum absolute atomic E-state index is 0.0741.